The highest BCUT2D eigenvalue weighted by atomic mass is 32.1. The number of hydrogen-bond acceptors (Lipinski definition) is 5. The molecular formula is C12H12N4S. The van der Waals surface area contributed by atoms with Crippen LogP contribution in [0, 0.1) is 18.3 Å². The van der Waals surface area contributed by atoms with Crippen LogP contribution < -0.4 is 5.32 Å². The molecular weight excluding hydrogens is 232 g/mol. The summed E-state index contributed by atoms with van der Waals surface area (Å²) in [5, 5.41) is 15.3. The van der Waals surface area contributed by atoms with Crippen molar-refractivity contribution in [1.29, 1.82) is 5.26 Å². The highest BCUT2D eigenvalue weighted by Gasteiger charge is 2.11. The van der Waals surface area contributed by atoms with Crippen LogP contribution in [0.4, 0.5) is 5.69 Å². The smallest absolute Gasteiger partial charge is 0.115 e. The van der Waals surface area contributed by atoms with Crippen LogP contribution >= 0.6 is 11.3 Å². The molecule has 2 heterocycles. The minimum atomic E-state index is 0.0741. The first kappa shape index (κ1) is 11.6. The Bertz CT molecular complexity index is 556. The van der Waals surface area contributed by atoms with E-state index in [1.165, 1.54) is 0 Å². The average Bonchev–Trinajstić information content (AvgIpc) is 2.77. The van der Waals surface area contributed by atoms with Crippen LogP contribution in [0.3, 0.4) is 0 Å². The van der Waals surface area contributed by atoms with Gasteiger partial charge in [-0.1, -0.05) is 0 Å². The Morgan fingerprint density at radius 2 is 2.35 bits per heavy atom. The first-order valence-corrected chi connectivity index (χ1v) is 6.11. The van der Waals surface area contributed by atoms with Gasteiger partial charge in [0.15, 0.2) is 0 Å². The number of nitrogens with one attached hydrogen (secondary N) is 1. The van der Waals surface area contributed by atoms with E-state index in [-0.39, 0.29) is 6.04 Å². The van der Waals surface area contributed by atoms with E-state index in [1.54, 1.807) is 29.8 Å². The zero-order valence-corrected chi connectivity index (χ0v) is 10.5. The third-order valence-corrected chi connectivity index (χ3v) is 3.47. The summed E-state index contributed by atoms with van der Waals surface area (Å²) in [5.41, 5.74) is 2.36. The van der Waals surface area contributed by atoms with Gasteiger partial charge in [0.2, 0.25) is 0 Å². The molecule has 0 saturated heterocycles. The van der Waals surface area contributed by atoms with Crippen molar-refractivity contribution in [3.8, 4) is 6.07 Å². The molecule has 0 saturated carbocycles. The summed E-state index contributed by atoms with van der Waals surface area (Å²) >= 11 is 1.61. The molecule has 0 aliphatic carbocycles. The predicted octanol–water partition coefficient (Wildman–Crippen LogP) is 2.89. The van der Waals surface area contributed by atoms with Gasteiger partial charge >= 0.3 is 0 Å². The number of aromatic nitrogens is 2. The molecule has 1 atom stereocenters. The summed E-state index contributed by atoms with van der Waals surface area (Å²) < 4.78 is 0. The van der Waals surface area contributed by atoms with Crippen LogP contribution in [0.2, 0.25) is 0 Å². The Balaban J connectivity index is 2.19. The molecule has 0 fully saturated rings. The Labute approximate surface area is 104 Å². The normalized spacial score (nSPS) is 11.8. The van der Waals surface area contributed by atoms with E-state index in [2.05, 4.69) is 21.4 Å². The van der Waals surface area contributed by atoms with Crippen LogP contribution in [-0.4, -0.2) is 9.97 Å². The molecule has 1 N–H and O–H groups in total. The summed E-state index contributed by atoms with van der Waals surface area (Å²) in [5.74, 6) is 0. The predicted molar refractivity (Wildman–Crippen MR) is 67.8 cm³/mol. The molecule has 0 aliphatic heterocycles. The van der Waals surface area contributed by atoms with E-state index in [9.17, 15) is 0 Å². The number of thiazole rings is 1. The summed E-state index contributed by atoms with van der Waals surface area (Å²) in [6.07, 6.45) is 3.28. The molecule has 17 heavy (non-hydrogen) atoms. The van der Waals surface area contributed by atoms with Crippen LogP contribution in [-0.2, 0) is 0 Å². The number of nitrogens with zero attached hydrogens (tertiary/aromatic N) is 3. The lowest BCUT2D eigenvalue weighted by Gasteiger charge is -2.13. The SMILES string of the molecule is Cc1csc(C(C)Nc2cnccc2C#N)n1. The number of pyridine rings is 1. The first-order valence-electron chi connectivity index (χ1n) is 5.23. The monoisotopic (exact) mass is 244 g/mol. The third-order valence-electron chi connectivity index (χ3n) is 2.32. The molecule has 0 amide bonds. The van der Waals surface area contributed by atoms with Crippen molar-refractivity contribution >= 4 is 17.0 Å². The fourth-order valence-corrected chi connectivity index (χ4v) is 2.28. The average molecular weight is 244 g/mol. The van der Waals surface area contributed by atoms with Gasteiger partial charge in [-0.15, -0.1) is 11.3 Å². The van der Waals surface area contributed by atoms with E-state index in [0.717, 1.165) is 16.4 Å². The number of rotatable bonds is 3. The van der Waals surface area contributed by atoms with E-state index in [0.29, 0.717) is 5.56 Å². The molecule has 0 bridgehead atoms. The largest absolute Gasteiger partial charge is 0.374 e. The third kappa shape index (κ3) is 2.60. The molecule has 0 aliphatic rings. The second-order valence-electron chi connectivity index (χ2n) is 3.73. The van der Waals surface area contributed by atoms with Crippen LogP contribution in [0.1, 0.15) is 29.2 Å². The fourth-order valence-electron chi connectivity index (χ4n) is 1.47. The quantitative estimate of drug-likeness (QED) is 0.901. The van der Waals surface area contributed by atoms with Gasteiger partial charge in [0.05, 0.1) is 23.5 Å². The van der Waals surface area contributed by atoms with E-state index >= 15 is 0 Å². The van der Waals surface area contributed by atoms with Crippen molar-refractivity contribution in [2.45, 2.75) is 19.9 Å². The number of aryl methyl sites for hydroxylation is 1. The minimum Gasteiger partial charge on any atom is -0.374 e. The molecule has 0 aromatic carbocycles. The summed E-state index contributed by atoms with van der Waals surface area (Å²) in [7, 11) is 0. The van der Waals surface area contributed by atoms with E-state index < -0.39 is 0 Å². The lowest BCUT2D eigenvalue weighted by atomic mass is 10.2. The Morgan fingerprint density at radius 1 is 1.53 bits per heavy atom. The number of hydrogen-bond donors (Lipinski definition) is 1. The van der Waals surface area contributed by atoms with Crippen LogP contribution in [0.5, 0.6) is 0 Å². The van der Waals surface area contributed by atoms with Crippen LogP contribution in [0.15, 0.2) is 23.8 Å². The maximum atomic E-state index is 8.98. The van der Waals surface area contributed by atoms with Gasteiger partial charge in [-0.25, -0.2) is 4.98 Å². The summed E-state index contributed by atoms with van der Waals surface area (Å²) in [6.45, 7) is 3.99. The number of anilines is 1. The van der Waals surface area contributed by atoms with Gasteiger partial charge in [0.1, 0.15) is 11.1 Å². The molecule has 0 spiro atoms. The molecule has 2 aromatic heterocycles. The van der Waals surface area contributed by atoms with Crippen molar-refractivity contribution < 1.29 is 0 Å². The molecule has 4 nitrogen and oxygen atoms in total. The zero-order valence-electron chi connectivity index (χ0n) is 9.64. The molecule has 86 valence electrons. The van der Waals surface area contributed by atoms with Crippen molar-refractivity contribution in [1.82, 2.24) is 9.97 Å². The summed E-state index contributed by atoms with van der Waals surface area (Å²) in [6, 6.07) is 3.91. The highest BCUT2D eigenvalue weighted by molar-refractivity contribution is 7.09. The first-order chi connectivity index (χ1) is 8.20. The van der Waals surface area contributed by atoms with Crippen molar-refractivity contribution in [2.75, 3.05) is 5.32 Å². The van der Waals surface area contributed by atoms with Crippen molar-refractivity contribution in [3.63, 3.8) is 0 Å². The number of nitriles is 1. The van der Waals surface area contributed by atoms with Gasteiger partial charge in [-0.3, -0.25) is 4.98 Å². The molecule has 2 aromatic rings. The van der Waals surface area contributed by atoms with Crippen LogP contribution in [0.25, 0.3) is 0 Å². The highest BCUT2D eigenvalue weighted by Crippen LogP contribution is 2.23. The zero-order chi connectivity index (χ0) is 12.3. The Kier molecular flexibility index (Phi) is 3.35. The van der Waals surface area contributed by atoms with E-state index in [4.69, 9.17) is 5.26 Å². The maximum absolute atomic E-state index is 8.98. The molecule has 0 radical (unpaired) electrons. The second kappa shape index (κ2) is 4.93. The van der Waals surface area contributed by atoms with Crippen molar-refractivity contribution in [3.05, 3.63) is 40.1 Å². The summed E-state index contributed by atoms with van der Waals surface area (Å²) in [4.78, 5) is 8.43. The molecule has 5 heteroatoms. The van der Waals surface area contributed by atoms with E-state index in [1.807, 2.05) is 19.2 Å². The topological polar surface area (TPSA) is 61.6 Å². The van der Waals surface area contributed by atoms with Crippen molar-refractivity contribution in [2.24, 2.45) is 0 Å². The Hall–Kier alpha value is -1.93. The maximum Gasteiger partial charge on any atom is 0.115 e. The fraction of sp³-hybridized carbons (Fsp3) is 0.250. The van der Waals surface area contributed by atoms with Gasteiger partial charge in [-0.05, 0) is 19.9 Å². The lowest BCUT2D eigenvalue weighted by molar-refractivity contribution is 0.861. The Morgan fingerprint density at radius 3 is 3.00 bits per heavy atom. The lowest BCUT2D eigenvalue weighted by Crippen LogP contribution is -2.07. The second-order valence-corrected chi connectivity index (χ2v) is 4.62. The minimum absolute atomic E-state index is 0.0741. The molecule has 2 rings (SSSR count). The molecule has 1 unspecified atom stereocenters. The van der Waals surface area contributed by atoms with Gasteiger partial charge in [0, 0.05) is 17.3 Å². The van der Waals surface area contributed by atoms with Gasteiger partial charge in [-0.2, -0.15) is 5.26 Å². The standard InChI is InChI=1S/C12H12N4S/c1-8-7-17-12(15-8)9(2)16-11-6-14-4-3-10(11)5-13/h3-4,6-7,9,16H,1-2H3. The van der Waals surface area contributed by atoms with Gasteiger partial charge in [0.25, 0.3) is 0 Å². The van der Waals surface area contributed by atoms with Gasteiger partial charge < -0.3 is 5.32 Å².